The Hall–Kier alpha value is -4.13. The molecule has 1 N–H and O–H groups in total. The van der Waals surface area contributed by atoms with Gasteiger partial charge in [-0.25, -0.2) is 9.67 Å². The molecule has 174 valence electrons. The third-order valence-electron chi connectivity index (χ3n) is 5.28. The summed E-state index contributed by atoms with van der Waals surface area (Å²) in [6, 6.07) is 20.7. The van der Waals surface area contributed by atoms with E-state index in [0.29, 0.717) is 35.3 Å². The van der Waals surface area contributed by atoms with E-state index in [1.54, 1.807) is 29.1 Å². The Morgan fingerprint density at radius 2 is 1.74 bits per heavy atom. The van der Waals surface area contributed by atoms with Crippen LogP contribution in [0.4, 0.5) is 5.82 Å². The summed E-state index contributed by atoms with van der Waals surface area (Å²) >= 11 is 0. The fraction of sp³-hybridized carbons (Fsp3) is 0.222. The summed E-state index contributed by atoms with van der Waals surface area (Å²) in [7, 11) is 0. The predicted octanol–water partition coefficient (Wildman–Crippen LogP) is 5.50. The number of anilines is 1. The molecule has 7 heteroatoms. The van der Waals surface area contributed by atoms with Crippen molar-refractivity contribution in [2.24, 2.45) is 0 Å². The van der Waals surface area contributed by atoms with Gasteiger partial charge >= 0.3 is 0 Å². The van der Waals surface area contributed by atoms with E-state index in [4.69, 9.17) is 9.47 Å². The Labute approximate surface area is 199 Å². The number of rotatable bonds is 8. The Kier molecular flexibility index (Phi) is 6.92. The smallest absolute Gasteiger partial charge is 0.257 e. The highest BCUT2D eigenvalue weighted by atomic mass is 16.5. The van der Waals surface area contributed by atoms with Crippen LogP contribution < -0.4 is 14.8 Å². The molecule has 0 radical (unpaired) electrons. The molecule has 4 rings (SSSR count). The topological polar surface area (TPSA) is 78.3 Å². The fourth-order valence-electron chi connectivity index (χ4n) is 3.45. The van der Waals surface area contributed by atoms with Crippen molar-refractivity contribution in [3.8, 4) is 17.3 Å². The summed E-state index contributed by atoms with van der Waals surface area (Å²) in [6.07, 6.45) is 1.67. The van der Waals surface area contributed by atoms with Gasteiger partial charge in [0.1, 0.15) is 18.1 Å². The van der Waals surface area contributed by atoms with Crippen molar-refractivity contribution in [2.75, 3.05) is 5.32 Å². The van der Waals surface area contributed by atoms with Crippen LogP contribution in [0.3, 0.4) is 0 Å². The van der Waals surface area contributed by atoms with E-state index in [-0.39, 0.29) is 12.0 Å². The predicted molar refractivity (Wildman–Crippen MR) is 132 cm³/mol. The summed E-state index contributed by atoms with van der Waals surface area (Å²) in [4.78, 5) is 17.6. The molecule has 0 aliphatic heterocycles. The van der Waals surface area contributed by atoms with Crippen molar-refractivity contribution < 1.29 is 14.3 Å². The molecule has 0 fully saturated rings. The van der Waals surface area contributed by atoms with Crippen LogP contribution in [0.25, 0.3) is 5.82 Å². The van der Waals surface area contributed by atoms with Crippen LogP contribution in [0.1, 0.15) is 41.0 Å². The van der Waals surface area contributed by atoms with Gasteiger partial charge in [-0.2, -0.15) is 0 Å². The van der Waals surface area contributed by atoms with Crippen LogP contribution in [-0.2, 0) is 6.61 Å². The Morgan fingerprint density at radius 1 is 1.00 bits per heavy atom. The normalized spacial score (nSPS) is 10.9. The standard InChI is InChI=1S/C27H28N4O3/c1-18(2)34-24-15-22(14-23(16-24)33-17-21-10-6-5-7-11-21)27(32)29-26-19(3)20(4)31(30-26)25-12-8-9-13-28-25/h5-16,18H,17H2,1-4H3,(H,29,30,32). The molecule has 2 aromatic carbocycles. The zero-order valence-electron chi connectivity index (χ0n) is 19.8. The second-order valence-electron chi connectivity index (χ2n) is 8.25. The maximum atomic E-state index is 13.2. The molecule has 0 aliphatic rings. The van der Waals surface area contributed by atoms with Crippen molar-refractivity contribution in [1.82, 2.24) is 14.8 Å². The number of amides is 1. The summed E-state index contributed by atoms with van der Waals surface area (Å²) in [5, 5.41) is 7.50. The van der Waals surface area contributed by atoms with Crippen molar-refractivity contribution in [2.45, 2.75) is 40.4 Å². The summed E-state index contributed by atoms with van der Waals surface area (Å²) in [6.45, 7) is 8.13. The molecule has 4 aromatic rings. The van der Waals surface area contributed by atoms with Gasteiger partial charge in [-0.3, -0.25) is 4.79 Å². The lowest BCUT2D eigenvalue weighted by atomic mass is 10.1. The van der Waals surface area contributed by atoms with Gasteiger partial charge < -0.3 is 14.8 Å². The molecule has 0 spiro atoms. The first-order valence-corrected chi connectivity index (χ1v) is 11.2. The van der Waals surface area contributed by atoms with Crippen LogP contribution >= 0.6 is 0 Å². The molecular weight excluding hydrogens is 428 g/mol. The highest BCUT2D eigenvalue weighted by molar-refractivity contribution is 6.04. The third kappa shape index (κ3) is 5.43. The number of nitrogens with one attached hydrogen (secondary N) is 1. The highest BCUT2D eigenvalue weighted by Crippen LogP contribution is 2.26. The van der Waals surface area contributed by atoms with Gasteiger partial charge in [-0.15, -0.1) is 5.10 Å². The van der Waals surface area contributed by atoms with Gasteiger partial charge in [0.2, 0.25) is 0 Å². The molecule has 2 heterocycles. The van der Waals surface area contributed by atoms with Crippen LogP contribution in [-0.4, -0.2) is 26.8 Å². The number of hydrogen-bond acceptors (Lipinski definition) is 5. The number of hydrogen-bond donors (Lipinski definition) is 1. The molecule has 0 unspecified atom stereocenters. The van der Waals surface area contributed by atoms with E-state index in [2.05, 4.69) is 15.4 Å². The molecule has 0 bridgehead atoms. The molecular formula is C27H28N4O3. The molecule has 2 aromatic heterocycles. The van der Waals surface area contributed by atoms with Crippen molar-refractivity contribution in [3.05, 3.63) is 95.3 Å². The minimum absolute atomic E-state index is 0.0424. The minimum atomic E-state index is -0.299. The number of benzene rings is 2. The maximum Gasteiger partial charge on any atom is 0.257 e. The van der Waals surface area contributed by atoms with E-state index in [9.17, 15) is 4.79 Å². The number of aromatic nitrogens is 3. The fourth-order valence-corrected chi connectivity index (χ4v) is 3.45. The lowest BCUT2D eigenvalue weighted by molar-refractivity contribution is 0.102. The van der Waals surface area contributed by atoms with Crippen molar-refractivity contribution >= 4 is 11.7 Å². The Balaban J connectivity index is 1.58. The molecule has 7 nitrogen and oxygen atoms in total. The summed E-state index contributed by atoms with van der Waals surface area (Å²) < 4.78 is 13.6. The average Bonchev–Trinajstić information content (AvgIpc) is 3.12. The van der Waals surface area contributed by atoms with Crippen LogP contribution in [0, 0.1) is 13.8 Å². The van der Waals surface area contributed by atoms with Crippen LogP contribution in [0.2, 0.25) is 0 Å². The van der Waals surface area contributed by atoms with E-state index in [1.165, 1.54) is 0 Å². The molecule has 0 atom stereocenters. The quantitative estimate of drug-likeness (QED) is 0.379. The van der Waals surface area contributed by atoms with E-state index >= 15 is 0 Å². The first-order chi connectivity index (χ1) is 16.4. The monoisotopic (exact) mass is 456 g/mol. The van der Waals surface area contributed by atoms with Gasteiger partial charge in [0.15, 0.2) is 11.6 Å². The largest absolute Gasteiger partial charge is 0.491 e. The first-order valence-electron chi connectivity index (χ1n) is 11.2. The lowest BCUT2D eigenvalue weighted by Crippen LogP contribution is -2.14. The van der Waals surface area contributed by atoms with Crippen molar-refractivity contribution in [3.63, 3.8) is 0 Å². The average molecular weight is 457 g/mol. The minimum Gasteiger partial charge on any atom is -0.491 e. The second kappa shape index (κ2) is 10.2. The van der Waals surface area contributed by atoms with Gasteiger partial charge in [0.05, 0.1) is 6.10 Å². The van der Waals surface area contributed by atoms with Crippen LogP contribution in [0.5, 0.6) is 11.5 Å². The molecule has 0 saturated carbocycles. The number of nitrogens with zero attached hydrogens (tertiary/aromatic N) is 3. The summed E-state index contributed by atoms with van der Waals surface area (Å²) in [5.74, 6) is 1.99. The molecule has 0 saturated heterocycles. The van der Waals surface area contributed by atoms with Gasteiger partial charge in [0.25, 0.3) is 5.91 Å². The van der Waals surface area contributed by atoms with Gasteiger partial charge in [-0.05, 0) is 57.5 Å². The van der Waals surface area contributed by atoms with Crippen molar-refractivity contribution in [1.29, 1.82) is 0 Å². The number of carbonyl (C=O) groups is 1. The van der Waals surface area contributed by atoms with E-state index < -0.39 is 0 Å². The van der Waals surface area contributed by atoms with Gasteiger partial charge in [-0.1, -0.05) is 36.4 Å². The third-order valence-corrected chi connectivity index (χ3v) is 5.28. The Bertz CT molecular complexity index is 1270. The lowest BCUT2D eigenvalue weighted by Gasteiger charge is -2.14. The zero-order valence-corrected chi connectivity index (χ0v) is 19.8. The van der Waals surface area contributed by atoms with E-state index in [0.717, 1.165) is 16.8 Å². The number of carbonyl (C=O) groups excluding carboxylic acids is 1. The second-order valence-corrected chi connectivity index (χ2v) is 8.25. The van der Waals surface area contributed by atoms with Gasteiger partial charge in [0, 0.05) is 29.1 Å². The maximum absolute atomic E-state index is 13.2. The number of ether oxygens (including phenoxy) is 2. The molecule has 34 heavy (non-hydrogen) atoms. The number of pyridine rings is 1. The van der Waals surface area contributed by atoms with Crippen LogP contribution in [0.15, 0.2) is 72.9 Å². The molecule has 0 aliphatic carbocycles. The first kappa shape index (κ1) is 23.0. The summed E-state index contributed by atoms with van der Waals surface area (Å²) in [5.41, 5.74) is 3.23. The highest BCUT2D eigenvalue weighted by Gasteiger charge is 2.17. The SMILES string of the molecule is Cc1c(NC(=O)c2cc(OCc3ccccc3)cc(OC(C)C)c2)nn(-c2ccccn2)c1C. The molecule has 1 amide bonds. The zero-order chi connectivity index (χ0) is 24.1. The van der Waals surface area contributed by atoms with E-state index in [1.807, 2.05) is 76.2 Å². The Morgan fingerprint density at radius 3 is 2.44 bits per heavy atom.